The average Bonchev–Trinajstić information content (AvgIpc) is 2.05. The third-order valence-corrected chi connectivity index (χ3v) is 2.16. The Hall–Kier alpha value is -1.60. The lowest BCUT2D eigenvalue weighted by molar-refractivity contribution is 0.0698. The molecule has 0 saturated heterocycles. The number of hydrogen-bond donors (Lipinski definition) is 3. The van der Waals surface area contributed by atoms with Gasteiger partial charge in [-0.05, 0) is 19.1 Å². The number of carbonyl (C=O) groups is 1. The zero-order valence-electron chi connectivity index (χ0n) is 7.89. The molecule has 0 atom stereocenters. The van der Waals surface area contributed by atoms with Crippen molar-refractivity contribution in [2.75, 3.05) is 4.72 Å². The van der Waals surface area contributed by atoms with Crippen LogP contribution in [0.1, 0.15) is 15.9 Å². The van der Waals surface area contributed by atoms with Crippen molar-refractivity contribution in [2.24, 2.45) is 5.14 Å². The SMILES string of the molecule is Cc1ccc(NS(N)(=O)=O)c(C(=O)O)c1. The number of carboxylic acid groups (broad SMARTS) is 1. The minimum atomic E-state index is -3.96. The first kappa shape index (κ1) is 11.5. The summed E-state index contributed by atoms with van der Waals surface area (Å²) in [6.45, 7) is 1.70. The number of carboxylic acids is 1. The summed E-state index contributed by atoms with van der Waals surface area (Å²) in [6.07, 6.45) is 0. The van der Waals surface area contributed by atoms with E-state index in [9.17, 15) is 13.2 Å². The van der Waals surface area contributed by atoms with Crippen LogP contribution in [0.15, 0.2) is 18.2 Å². The summed E-state index contributed by atoms with van der Waals surface area (Å²) in [5, 5.41) is 13.6. The first-order valence-electron chi connectivity index (χ1n) is 3.94. The molecule has 1 aromatic carbocycles. The van der Waals surface area contributed by atoms with Gasteiger partial charge in [-0.3, -0.25) is 4.72 Å². The molecular formula is C8H10N2O4S. The van der Waals surface area contributed by atoms with E-state index in [1.807, 2.05) is 4.72 Å². The Labute approximate surface area is 86.9 Å². The minimum absolute atomic E-state index is 0.0457. The van der Waals surface area contributed by atoms with E-state index in [4.69, 9.17) is 10.2 Å². The second kappa shape index (κ2) is 3.87. The zero-order chi connectivity index (χ0) is 11.6. The van der Waals surface area contributed by atoms with E-state index in [0.29, 0.717) is 5.56 Å². The molecule has 0 spiro atoms. The quantitative estimate of drug-likeness (QED) is 0.694. The van der Waals surface area contributed by atoms with E-state index >= 15 is 0 Å². The lowest BCUT2D eigenvalue weighted by Gasteiger charge is -2.07. The molecule has 0 radical (unpaired) electrons. The smallest absolute Gasteiger partial charge is 0.337 e. The number of aromatic carboxylic acids is 1. The number of benzene rings is 1. The molecule has 0 aromatic heterocycles. The molecule has 4 N–H and O–H groups in total. The third kappa shape index (κ3) is 3.22. The van der Waals surface area contributed by atoms with Gasteiger partial charge in [0.1, 0.15) is 0 Å². The van der Waals surface area contributed by atoms with Gasteiger partial charge in [-0.1, -0.05) is 11.6 Å². The fraction of sp³-hybridized carbons (Fsp3) is 0.125. The molecule has 0 saturated carbocycles. The fourth-order valence-electron chi connectivity index (χ4n) is 1.08. The van der Waals surface area contributed by atoms with E-state index in [0.717, 1.165) is 0 Å². The topological polar surface area (TPSA) is 109 Å². The maximum absolute atomic E-state index is 10.8. The highest BCUT2D eigenvalue weighted by Gasteiger charge is 2.13. The molecule has 0 aliphatic rings. The Balaban J connectivity index is 3.24. The highest BCUT2D eigenvalue weighted by Crippen LogP contribution is 2.17. The Kier molecular flexibility index (Phi) is 2.96. The van der Waals surface area contributed by atoms with Crippen molar-refractivity contribution >= 4 is 21.9 Å². The van der Waals surface area contributed by atoms with Crippen molar-refractivity contribution in [1.29, 1.82) is 0 Å². The molecule has 1 rings (SSSR count). The highest BCUT2D eigenvalue weighted by molar-refractivity contribution is 7.90. The van der Waals surface area contributed by atoms with Crippen LogP contribution in [0, 0.1) is 6.92 Å². The maximum Gasteiger partial charge on any atom is 0.337 e. The molecule has 0 fully saturated rings. The van der Waals surface area contributed by atoms with Crippen molar-refractivity contribution in [3.63, 3.8) is 0 Å². The van der Waals surface area contributed by atoms with Gasteiger partial charge in [0.15, 0.2) is 0 Å². The number of anilines is 1. The Morgan fingerprint density at radius 1 is 1.47 bits per heavy atom. The summed E-state index contributed by atoms with van der Waals surface area (Å²) >= 11 is 0. The minimum Gasteiger partial charge on any atom is -0.478 e. The van der Waals surface area contributed by atoms with Crippen LogP contribution < -0.4 is 9.86 Å². The normalized spacial score (nSPS) is 11.1. The van der Waals surface area contributed by atoms with Crippen LogP contribution in [0.25, 0.3) is 0 Å². The van der Waals surface area contributed by atoms with Gasteiger partial charge < -0.3 is 5.11 Å². The zero-order valence-corrected chi connectivity index (χ0v) is 8.71. The van der Waals surface area contributed by atoms with Crippen LogP contribution in [0.4, 0.5) is 5.69 Å². The first-order chi connectivity index (χ1) is 6.79. The molecule has 0 heterocycles. The van der Waals surface area contributed by atoms with Crippen LogP contribution in [0.5, 0.6) is 0 Å². The molecule has 0 aliphatic heterocycles. The van der Waals surface area contributed by atoms with Gasteiger partial charge >= 0.3 is 5.97 Å². The summed E-state index contributed by atoms with van der Waals surface area (Å²) < 4.78 is 23.4. The van der Waals surface area contributed by atoms with Crippen molar-refractivity contribution in [2.45, 2.75) is 6.92 Å². The molecule has 1 aromatic rings. The van der Waals surface area contributed by atoms with Gasteiger partial charge in [0.2, 0.25) is 0 Å². The number of rotatable bonds is 3. The van der Waals surface area contributed by atoms with Crippen molar-refractivity contribution in [3.8, 4) is 0 Å². The standard InChI is InChI=1S/C8H10N2O4S/c1-5-2-3-7(10-15(9,13)14)6(4-5)8(11)12/h2-4,10H,1H3,(H,11,12)(H2,9,13,14). The monoisotopic (exact) mass is 230 g/mol. The van der Waals surface area contributed by atoms with E-state index in [2.05, 4.69) is 0 Å². The fourth-order valence-corrected chi connectivity index (χ4v) is 1.56. The molecule has 0 bridgehead atoms. The molecule has 0 aliphatic carbocycles. The van der Waals surface area contributed by atoms with Crippen LogP contribution >= 0.6 is 0 Å². The average molecular weight is 230 g/mol. The van der Waals surface area contributed by atoms with Crippen LogP contribution in [-0.4, -0.2) is 19.5 Å². The van der Waals surface area contributed by atoms with E-state index in [1.165, 1.54) is 12.1 Å². The summed E-state index contributed by atoms with van der Waals surface area (Å²) in [5.41, 5.74) is 0.534. The van der Waals surface area contributed by atoms with Crippen molar-refractivity contribution in [1.82, 2.24) is 0 Å². The molecule has 82 valence electrons. The van der Waals surface area contributed by atoms with Crippen LogP contribution in [-0.2, 0) is 10.2 Å². The van der Waals surface area contributed by atoms with Crippen LogP contribution in [0.3, 0.4) is 0 Å². The van der Waals surface area contributed by atoms with Gasteiger partial charge in [0.05, 0.1) is 11.3 Å². The molecule has 0 unspecified atom stereocenters. The lowest BCUT2D eigenvalue weighted by atomic mass is 10.1. The Bertz CT molecular complexity index is 495. The van der Waals surface area contributed by atoms with Crippen molar-refractivity contribution < 1.29 is 18.3 Å². The predicted molar refractivity (Wildman–Crippen MR) is 54.9 cm³/mol. The Morgan fingerprint density at radius 2 is 2.07 bits per heavy atom. The predicted octanol–water partition coefficient (Wildman–Crippen LogP) is 0.309. The molecule has 15 heavy (non-hydrogen) atoms. The van der Waals surface area contributed by atoms with E-state index in [1.54, 1.807) is 13.0 Å². The molecule has 6 nitrogen and oxygen atoms in total. The first-order valence-corrected chi connectivity index (χ1v) is 5.49. The molecular weight excluding hydrogens is 220 g/mol. The van der Waals surface area contributed by atoms with E-state index < -0.39 is 16.2 Å². The number of aryl methyl sites for hydroxylation is 1. The summed E-state index contributed by atoms with van der Waals surface area (Å²) in [4.78, 5) is 10.8. The third-order valence-electron chi connectivity index (χ3n) is 1.66. The number of hydrogen-bond acceptors (Lipinski definition) is 3. The maximum atomic E-state index is 10.8. The van der Waals surface area contributed by atoms with Gasteiger partial charge in [-0.2, -0.15) is 8.42 Å². The summed E-state index contributed by atoms with van der Waals surface area (Å²) in [7, 11) is -3.96. The van der Waals surface area contributed by atoms with E-state index in [-0.39, 0.29) is 11.3 Å². The number of nitrogens with one attached hydrogen (secondary N) is 1. The largest absolute Gasteiger partial charge is 0.478 e. The Morgan fingerprint density at radius 3 is 2.53 bits per heavy atom. The van der Waals surface area contributed by atoms with Gasteiger partial charge in [-0.25, -0.2) is 9.93 Å². The van der Waals surface area contributed by atoms with Gasteiger partial charge in [0, 0.05) is 0 Å². The van der Waals surface area contributed by atoms with Crippen LogP contribution in [0.2, 0.25) is 0 Å². The summed E-state index contributed by atoms with van der Waals surface area (Å²) in [5.74, 6) is -1.22. The van der Waals surface area contributed by atoms with Gasteiger partial charge in [-0.15, -0.1) is 0 Å². The van der Waals surface area contributed by atoms with Gasteiger partial charge in [0.25, 0.3) is 10.2 Å². The number of nitrogens with two attached hydrogens (primary N) is 1. The van der Waals surface area contributed by atoms with Crippen molar-refractivity contribution in [3.05, 3.63) is 29.3 Å². The second-order valence-corrected chi connectivity index (χ2v) is 4.30. The molecule has 7 heteroatoms. The highest BCUT2D eigenvalue weighted by atomic mass is 32.2. The second-order valence-electron chi connectivity index (χ2n) is 3.00. The summed E-state index contributed by atoms with van der Waals surface area (Å²) in [6, 6.07) is 4.29. The molecule has 0 amide bonds. The lowest BCUT2D eigenvalue weighted by Crippen LogP contribution is -2.23.